The highest BCUT2D eigenvalue weighted by Crippen LogP contribution is 2.69. The number of aliphatic hydroxyl groups excluding tert-OH is 1. The molecule has 7 unspecified atom stereocenters. The molecule has 2 aliphatic carbocycles. The molecule has 6 nitrogen and oxygen atoms in total. The number of fused-ring (bicyclic) bond motifs is 2. The van der Waals surface area contributed by atoms with Crippen molar-refractivity contribution >= 4 is 11.9 Å². The van der Waals surface area contributed by atoms with Gasteiger partial charge in [-0.2, -0.15) is 0 Å². The van der Waals surface area contributed by atoms with Crippen molar-refractivity contribution < 1.29 is 28.9 Å². The van der Waals surface area contributed by atoms with E-state index in [2.05, 4.69) is 0 Å². The van der Waals surface area contributed by atoms with Crippen LogP contribution in [-0.2, 0) is 23.8 Å². The number of carbonyl (C=O) groups is 2. The van der Waals surface area contributed by atoms with Gasteiger partial charge in [0.25, 0.3) is 0 Å². The molecule has 1 spiro atoms. The number of hydrogen-bond donors (Lipinski definition) is 1. The first-order valence-corrected chi connectivity index (χ1v) is 7.50. The number of cyclic esters (lactones) is 1. The van der Waals surface area contributed by atoms with E-state index in [4.69, 9.17) is 14.2 Å². The predicted octanol–water partition coefficient (Wildman–Crippen LogP) is 0.106. The van der Waals surface area contributed by atoms with Gasteiger partial charge >= 0.3 is 11.9 Å². The maximum absolute atomic E-state index is 12.5. The molecule has 3 fully saturated rings. The van der Waals surface area contributed by atoms with Crippen LogP contribution in [0.5, 0.6) is 0 Å². The Kier molecular flexibility index (Phi) is 1.93. The minimum Gasteiger partial charge on any atom is -0.459 e. The summed E-state index contributed by atoms with van der Waals surface area (Å²) in [6.07, 6.45) is 3.40. The first-order valence-electron chi connectivity index (χ1n) is 7.50. The molecule has 0 bridgehead atoms. The van der Waals surface area contributed by atoms with Crippen molar-refractivity contribution in [2.45, 2.75) is 37.8 Å². The van der Waals surface area contributed by atoms with Crippen LogP contribution in [0.1, 0.15) is 13.8 Å². The number of aliphatic hydroxyl groups is 1. The molecule has 0 aromatic rings. The molecule has 22 heavy (non-hydrogen) atoms. The SMILES string of the molecule is CC12C=CC(O)C3(C)C(=O)OC(C4OC45COC(=O)C=C15)C23. The molecule has 3 aliphatic heterocycles. The Balaban J connectivity index is 1.78. The molecule has 5 aliphatic rings. The van der Waals surface area contributed by atoms with E-state index in [1.165, 1.54) is 6.08 Å². The van der Waals surface area contributed by atoms with E-state index in [0.717, 1.165) is 5.57 Å². The van der Waals surface area contributed by atoms with Crippen molar-refractivity contribution in [3.8, 4) is 0 Å². The molecule has 0 aromatic carbocycles. The number of hydrogen-bond acceptors (Lipinski definition) is 6. The number of esters is 2. The van der Waals surface area contributed by atoms with Crippen molar-refractivity contribution in [2.24, 2.45) is 16.7 Å². The fourth-order valence-corrected chi connectivity index (χ4v) is 5.15. The van der Waals surface area contributed by atoms with Gasteiger partial charge < -0.3 is 19.3 Å². The minimum atomic E-state index is -1.02. The van der Waals surface area contributed by atoms with Crippen LogP contribution in [0.3, 0.4) is 0 Å². The van der Waals surface area contributed by atoms with E-state index < -0.39 is 34.6 Å². The third-order valence-electron chi connectivity index (χ3n) is 6.31. The number of allylic oxidation sites excluding steroid dienone is 1. The Bertz CT molecular complexity index is 695. The van der Waals surface area contributed by atoms with Gasteiger partial charge in [0.2, 0.25) is 0 Å². The second-order valence-corrected chi connectivity index (χ2v) is 7.31. The summed E-state index contributed by atoms with van der Waals surface area (Å²) in [6.45, 7) is 3.88. The molecule has 6 heteroatoms. The molecule has 7 atom stereocenters. The predicted molar refractivity (Wildman–Crippen MR) is 71.4 cm³/mol. The lowest BCUT2D eigenvalue weighted by Crippen LogP contribution is -2.59. The fraction of sp³-hybridized carbons (Fsp3) is 0.625. The molecular formula is C16H16O6. The van der Waals surface area contributed by atoms with Crippen LogP contribution in [0.25, 0.3) is 0 Å². The fourth-order valence-electron chi connectivity index (χ4n) is 5.15. The number of ether oxygens (including phenoxy) is 3. The molecule has 0 radical (unpaired) electrons. The molecule has 0 aromatic heterocycles. The molecule has 3 heterocycles. The quantitative estimate of drug-likeness (QED) is 0.388. The smallest absolute Gasteiger partial charge is 0.330 e. The highest BCUT2D eigenvalue weighted by atomic mass is 16.7. The van der Waals surface area contributed by atoms with Crippen molar-refractivity contribution in [3.05, 3.63) is 23.8 Å². The second kappa shape index (κ2) is 3.31. The van der Waals surface area contributed by atoms with E-state index in [-0.39, 0.29) is 24.6 Å². The monoisotopic (exact) mass is 304 g/mol. The molecule has 1 N–H and O–H groups in total. The highest BCUT2D eigenvalue weighted by Gasteiger charge is 2.81. The normalized spacial score (nSPS) is 57.1. The van der Waals surface area contributed by atoms with Crippen LogP contribution in [0, 0.1) is 16.7 Å². The van der Waals surface area contributed by atoms with E-state index >= 15 is 0 Å². The lowest BCUT2D eigenvalue weighted by atomic mass is 9.49. The largest absolute Gasteiger partial charge is 0.459 e. The van der Waals surface area contributed by atoms with E-state index in [1.807, 2.05) is 13.0 Å². The van der Waals surface area contributed by atoms with Gasteiger partial charge in [-0.05, 0) is 12.5 Å². The molecular weight excluding hydrogens is 288 g/mol. The lowest BCUT2D eigenvalue weighted by molar-refractivity contribution is -0.152. The first-order chi connectivity index (χ1) is 10.3. The Labute approximate surface area is 126 Å². The first kappa shape index (κ1) is 12.8. The molecule has 116 valence electrons. The van der Waals surface area contributed by atoms with Gasteiger partial charge in [0.05, 0.1) is 6.10 Å². The summed E-state index contributed by atoms with van der Waals surface area (Å²) in [5.41, 5.74) is -1.41. The van der Waals surface area contributed by atoms with Crippen LogP contribution >= 0.6 is 0 Å². The summed E-state index contributed by atoms with van der Waals surface area (Å²) in [6, 6.07) is 0. The number of carbonyl (C=O) groups excluding carboxylic acids is 2. The van der Waals surface area contributed by atoms with E-state index in [1.54, 1.807) is 13.0 Å². The average molecular weight is 304 g/mol. The van der Waals surface area contributed by atoms with Gasteiger partial charge in [-0.1, -0.05) is 19.1 Å². The zero-order chi connectivity index (χ0) is 15.5. The Morgan fingerprint density at radius 2 is 2.09 bits per heavy atom. The Morgan fingerprint density at radius 1 is 1.32 bits per heavy atom. The summed E-state index contributed by atoms with van der Waals surface area (Å²) in [4.78, 5) is 24.2. The number of epoxide rings is 1. The highest BCUT2D eigenvalue weighted by molar-refractivity contribution is 5.87. The van der Waals surface area contributed by atoms with Gasteiger partial charge in [0.1, 0.15) is 24.2 Å². The van der Waals surface area contributed by atoms with E-state index in [9.17, 15) is 14.7 Å². The van der Waals surface area contributed by atoms with Crippen molar-refractivity contribution in [2.75, 3.05) is 6.61 Å². The Morgan fingerprint density at radius 3 is 2.86 bits per heavy atom. The van der Waals surface area contributed by atoms with Crippen LogP contribution in [0.2, 0.25) is 0 Å². The van der Waals surface area contributed by atoms with Crippen LogP contribution in [0.4, 0.5) is 0 Å². The topological polar surface area (TPSA) is 85.4 Å². The summed E-state index contributed by atoms with van der Waals surface area (Å²) in [5, 5.41) is 10.4. The lowest BCUT2D eigenvalue weighted by Gasteiger charge is -2.51. The summed E-state index contributed by atoms with van der Waals surface area (Å²) < 4.78 is 16.6. The van der Waals surface area contributed by atoms with Crippen molar-refractivity contribution in [1.29, 1.82) is 0 Å². The Hall–Kier alpha value is -1.66. The maximum atomic E-state index is 12.5. The third-order valence-corrected chi connectivity index (χ3v) is 6.31. The van der Waals surface area contributed by atoms with Crippen molar-refractivity contribution in [3.63, 3.8) is 0 Å². The van der Waals surface area contributed by atoms with E-state index in [0.29, 0.717) is 0 Å². The van der Waals surface area contributed by atoms with Crippen LogP contribution < -0.4 is 0 Å². The van der Waals surface area contributed by atoms with Gasteiger partial charge in [-0.15, -0.1) is 0 Å². The molecule has 2 saturated heterocycles. The standard InChI is InChI=1S/C16H16O6/c1-14-4-3-8(17)15(2)11(14)10(21-13(15)19)12-16(22-12)6-20-9(18)5-7(14)16/h3-5,8,10-12,17H,6H2,1-2H3. The minimum absolute atomic E-state index is 0.159. The summed E-state index contributed by atoms with van der Waals surface area (Å²) >= 11 is 0. The van der Waals surface area contributed by atoms with Crippen molar-refractivity contribution in [1.82, 2.24) is 0 Å². The second-order valence-electron chi connectivity index (χ2n) is 7.31. The third kappa shape index (κ3) is 1.08. The molecule has 5 rings (SSSR count). The van der Waals surface area contributed by atoms with Gasteiger partial charge in [-0.25, -0.2) is 4.79 Å². The average Bonchev–Trinajstić information content (AvgIpc) is 3.12. The van der Waals surface area contributed by atoms with Gasteiger partial charge in [0, 0.05) is 17.4 Å². The van der Waals surface area contributed by atoms with Crippen LogP contribution in [0.15, 0.2) is 23.8 Å². The number of rotatable bonds is 0. The van der Waals surface area contributed by atoms with Gasteiger partial charge in [-0.3, -0.25) is 4.79 Å². The zero-order valence-corrected chi connectivity index (χ0v) is 12.2. The molecule has 1 saturated carbocycles. The summed E-state index contributed by atoms with van der Waals surface area (Å²) in [5.74, 6) is -1.05. The maximum Gasteiger partial charge on any atom is 0.330 e. The summed E-state index contributed by atoms with van der Waals surface area (Å²) in [7, 11) is 0. The zero-order valence-electron chi connectivity index (χ0n) is 12.2. The van der Waals surface area contributed by atoms with Gasteiger partial charge in [0.15, 0.2) is 5.60 Å². The molecule has 0 amide bonds. The van der Waals surface area contributed by atoms with Crippen LogP contribution in [-0.4, -0.2) is 47.6 Å².